The van der Waals surface area contributed by atoms with Crippen LogP contribution in [0.4, 0.5) is 0 Å². The third-order valence-corrected chi connectivity index (χ3v) is 2.68. The first-order valence-corrected chi connectivity index (χ1v) is 5.58. The van der Waals surface area contributed by atoms with Gasteiger partial charge in [-0.3, -0.25) is 9.48 Å². The van der Waals surface area contributed by atoms with Gasteiger partial charge < -0.3 is 0 Å². The van der Waals surface area contributed by atoms with E-state index in [-0.39, 0.29) is 5.78 Å². The van der Waals surface area contributed by atoms with Gasteiger partial charge in [-0.2, -0.15) is 5.10 Å². The molecule has 2 aromatic rings. The highest BCUT2D eigenvalue weighted by Gasteiger charge is 2.14. The Labute approximate surface area is 100 Å². The summed E-state index contributed by atoms with van der Waals surface area (Å²) in [6.45, 7) is 1.78. The number of para-hydroxylation sites is 1. The molecular weight excluding hydrogens is 212 g/mol. The van der Waals surface area contributed by atoms with Crippen molar-refractivity contribution in [3.8, 4) is 11.8 Å². The van der Waals surface area contributed by atoms with E-state index >= 15 is 0 Å². The maximum Gasteiger partial charge on any atom is 0.184 e. The Balaban J connectivity index is 2.34. The van der Waals surface area contributed by atoms with Crippen LogP contribution in [0.1, 0.15) is 30.3 Å². The van der Waals surface area contributed by atoms with Crippen molar-refractivity contribution < 1.29 is 4.79 Å². The third kappa shape index (κ3) is 2.21. The van der Waals surface area contributed by atoms with E-state index in [9.17, 15) is 4.79 Å². The van der Waals surface area contributed by atoms with Gasteiger partial charge in [-0.05, 0) is 13.0 Å². The summed E-state index contributed by atoms with van der Waals surface area (Å²) in [6, 6.07) is 7.76. The molecule has 0 spiro atoms. The van der Waals surface area contributed by atoms with Crippen molar-refractivity contribution in [2.75, 3.05) is 0 Å². The van der Waals surface area contributed by atoms with Crippen LogP contribution in [0.25, 0.3) is 10.9 Å². The van der Waals surface area contributed by atoms with Crippen LogP contribution < -0.4 is 0 Å². The van der Waals surface area contributed by atoms with Crippen molar-refractivity contribution in [2.45, 2.75) is 19.8 Å². The smallest absolute Gasteiger partial charge is 0.184 e. The first-order valence-electron chi connectivity index (χ1n) is 5.58. The van der Waals surface area contributed by atoms with Crippen molar-refractivity contribution >= 4 is 16.7 Å². The topological polar surface area (TPSA) is 34.9 Å². The minimum Gasteiger partial charge on any atom is -0.292 e. The number of benzene rings is 1. The molecule has 0 radical (unpaired) electrons. The quantitative estimate of drug-likeness (QED) is 0.595. The second kappa shape index (κ2) is 4.84. The summed E-state index contributed by atoms with van der Waals surface area (Å²) in [5, 5.41) is 5.21. The summed E-state index contributed by atoms with van der Waals surface area (Å²) in [5.74, 6) is 5.75. The molecule has 3 nitrogen and oxygen atoms in total. The van der Waals surface area contributed by atoms with Gasteiger partial charge in [0.2, 0.25) is 0 Å². The van der Waals surface area contributed by atoms with Crippen LogP contribution >= 0.6 is 0 Å². The molecule has 0 atom stereocenters. The van der Waals surface area contributed by atoms with Gasteiger partial charge in [0.15, 0.2) is 5.78 Å². The molecule has 0 aliphatic rings. The van der Waals surface area contributed by atoms with Crippen molar-refractivity contribution in [3.05, 3.63) is 30.0 Å². The van der Waals surface area contributed by atoms with E-state index < -0.39 is 0 Å². The molecule has 86 valence electrons. The Hall–Kier alpha value is -2.08. The molecule has 2 rings (SSSR count). The SMILES string of the molecule is CC#CCCC(=O)c1nn(C)c2ccccc12. The molecule has 0 fully saturated rings. The molecule has 0 amide bonds. The van der Waals surface area contributed by atoms with Gasteiger partial charge in [-0.1, -0.05) is 18.2 Å². The monoisotopic (exact) mass is 226 g/mol. The summed E-state index contributed by atoms with van der Waals surface area (Å²) in [5.41, 5.74) is 1.54. The number of aromatic nitrogens is 2. The van der Waals surface area contributed by atoms with Crippen molar-refractivity contribution in [1.29, 1.82) is 0 Å². The van der Waals surface area contributed by atoms with E-state index in [2.05, 4.69) is 16.9 Å². The van der Waals surface area contributed by atoms with Crippen LogP contribution in [0, 0.1) is 11.8 Å². The Morgan fingerprint density at radius 2 is 2.18 bits per heavy atom. The first-order chi connectivity index (χ1) is 8.24. The molecule has 1 aromatic carbocycles. The summed E-state index contributed by atoms with van der Waals surface area (Å²) in [7, 11) is 1.85. The Morgan fingerprint density at radius 1 is 1.41 bits per heavy atom. The molecule has 0 saturated heterocycles. The molecule has 0 bridgehead atoms. The zero-order valence-corrected chi connectivity index (χ0v) is 10.0. The number of carbonyl (C=O) groups is 1. The minimum absolute atomic E-state index is 0.0598. The first kappa shape index (κ1) is 11.4. The number of nitrogens with zero attached hydrogens (tertiary/aromatic N) is 2. The number of Topliss-reactive ketones (excluding diaryl/α,β-unsaturated/α-hetero) is 1. The highest BCUT2D eigenvalue weighted by Crippen LogP contribution is 2.18. The second-order valence-electron chi connectivity index (χ2n) is 3.84. The zero-order chi connectivity index (χ0) is 12.3. The largest absolute Gasteiger partial charge is 0.292 e. The second-order valence-corrected chi connectivity index (χ2v) is 3.84. The van der Waals surface area contributed by atoms with Gasteiger partial charge in [0.25, 0.3) is 0 Å². The van der Waals surface area contributed by atoms with Gasteiger partial charge >= 0.3 is 0 Å². The van der Waals surface area contributed by atoms with Crippen LogP contribution in [0.3, 0.4) is 0 Å². The number of ketones is 1. The average molecular weight is 226 g/mol. The molecule has 1 heterocycles. The minimum atomic E-state index is 0.0598. The molecule has 0 aliphatic heterocycles. The molecule has 0 unspecified atom stereocenters. The van der Waals surface area contributed by atoms with Crippen LogP contribution in [-0.2, 0) is 7.05 Å². The lowest BCUT2D eigenvalue weighted by atomic mass is 10.1. The van der Waals surface area contributed by atoms with E-state index in [0.717, 1.165) is 10.9 Å². The molecule has 0 saturated carbocycles. The number of hydrogen-bond donors (Lipinski definition) is 0. The van der Waals surface area contributed by atoms with Crippen LogP contribution in [0.15, 0.2) is 24.3 Å². The highest BCUT2D eigenvalue weighted by atomic mass is 16.1. The Morgan fingerprint density at radius 3 is 2.94 bits per heavy atom. The van der Waals surface area contributed by atoms with Crippen molar-refractivity contribution in [2.24, 2.45) is 7.05 Å². The lowest BCUT2D eigenvalue weighted by molar-refractivity contribution is 0.0980. The third-order valence-electron chi connectivity index (χ3n) is 2.68. The van der Waals surface area contributed by atoms with Gasteiger partial charge in [0, 0.05) is 25.3 Å². The lowest BCUT2D eigenvalue weighted by Gasteiger charge is -1.93. The van der Waals surface area contributed by atoms with E-state index in [1.54, 1.807) is 11.6 Å². The maximum atomic E-state index is 12.0. The molecule has 0 N–H and O–H groups in total. The fourth-order valence-corrected chi connectivity index (χ4v) is 1.84. The van der Waals surface area contributed by atoms with Crippen LogP contribution in [-0.4, -0.2) is 15.6 Å². The normalized spacial score (nSPS) is 10.0. The van der Waals surface area contributed by atoms with E-state index in [1.165, 1.54) is 0 Å². The number of aryl methyl sites for hydroxylation is 1. The Kier molecular flexibility index (Phi) is 3.24. The fraction of sp³-hybridized carbons (Fsp3) is 0.286. The maximum absolute atomic E-state index is 12.0. The van der Waals surface area contributed by atoms with E-state index in [0.29, 0.717) is 18.5 Å². The zero-order valence-electron chi connectivity index (χ0n) is 10.0. The van der Waals surface area contributed by atoms with Crippen LogP contribution in [0.2, 0.25) is 0 Å². The number of fused-ring (bicyclic) bond motifs is 1. The van der Waals surface area contributed by atoms with Gasteiger partial charge in [-0.15, -0.1) is 11.8 Å². The van der Waals surface area contributed by atoms with E-state index in [4.69, 9.17) is 0 Å². The number of rotatable bonds is 3. The molecule has 17 heavy (non-hydrogen) atoms. The summed E-state index contributed by atoms with van der Waals surface area (Å²) >= 11 is 0. The standard InChI is InChI=1S/C14H14N2O/c1-3-4-5-10-13(17)14-11-8-6-7-9-12(11)16(2)15-14/h6-9H,5,10H2,1-2H3. The molecular formula is C14H14N2O. The molecule has 3 heteroatoms. The van der Waals surface area contributed by atoms with Gasteiger partial charge in [0.1, 0.15) is 5.69 Å². The summed E-state index contributed by atoms with van der Waals surface area (Å²) in [4.78, 5) is 12.0. The van der Waals surface area contributed by atoms with Crippen molar-refractivity contribution in [3.63, 3.8) is 0 Å². The average Bonchev–Trinajstić information content (AvgIpc) is 2.68. The predicted molar refractivity (Wildman–Crippen MR) is 67.7 cm³/mol. The Bertz CT molecular complexity index is 614. The van der Waals surface area contributed by atoms with Gasteiger partial charge in [0.05, 0.1) is 5.52 Å². The summed E-state index contributed by atoms with van der Waals surface area (Å²) < 4.78 is 1.74. The molecule has 0 aliphatic carbocycles. The number of carbonyl (C=O) groups excluding carboxylic acids is 1. The number of hydrogen-bond acceptors (Lipinski definition) is 2. The fourth-order valence-electron chi connectivity index (χ4n) is 1.84. The summed E-state index contributed by atoms with van der Waals surface area (Å²) in [6.07, 6.45) is 1.03. The van der Waals surface area contributed by atoms with Crippen LogP contribution in [0.5, 0.6) is 0 Å². The lowest BCUT2D eigenvalue weighted by Crippen LogP contribution is -2.01. The van der Waals surface area contributed by atoms with E-state index in [1.807, 2.05) is 31.3 Å². The molecule has 1 aromatic heterocycles. The highest BCUT2D eigenvalue weighted by molar-refractivity contribution is 6.06. The van der Waals surface area contributed by atoms with Gasteiger partial charge in [-0.25, -0.2) is 0 Å². The predicted octanol–water partition coefficient (Wildman–Crippen LogP) is 2.56. The van der Waals surface area contributed by atoms with Crippen molar-refractivity contribution in [1.82, 2.24) is 9.78 Å².